The number of carbonyl (C=O) groups is 2. The summed E-state index contributed by atoms with van der Waals surface area (Å²) in [5.41, 5.74) is 0. The lowest BCUT2D eigenvalue weighted by molar-refractivity contribution is -0.870. The number of esters is 2. The van der Waals surface area contributed by atoms with Gasteiger partial charge in [0.05, 0.1) is 33.9 Å². The Kier molecular flexibility index (Phi) is 37.8. The first-order valence-electron chi connectivity index (χ1n) is 22.8. The molecule has 0 fully saturated rings. The molecule has 1 unspecified atom stereocenters. The third-order valence-electron chi connectivity index (χ3n) is 9.30. The molecule has 11 heteroatoms. The number of carbonyl (C=O) groups excluding carboxylic acids is 2. The third kappa shape index (κ3) is 43.3. The zero-order valence-corrected chi connectivity index (χ0v) is 38.7. The molecule has 0 aromatic rings. The smallest absolute Gasteiger partial charge is 0.306 e. The number of unbranched alkanes of at least 4 members (excludes halogenated alkanes) is 13. The van der Waals surface area contributed by atoms with Crippen molar-refractivity contribution in [1.82, 2.24) is 0 Å². The standard InChI is InChI=1S/C48H84NO9P/c1-6-8-10-11-12-13-14-15-16-17-18-19-22-26-29-32-36-40-48(52)58-46(44-57-59(53,54)56-42-41-49(3,4)5)43-55-47(51)39-35-31-28-25-23-20-21-24-27-30-34-38-45(50)37-33-9-7-2/h12-13,15-16,20-21,25,27-28,30,34,38,45-46,50H,6-11,14,17-19,22-24,26,29,31-33,35-37,39-44H2,1-5H3/b13-12-,16-15-,21-20-,28-25-,30-27-,38-34+/t45-,46-/m1/s1. The monoisotopic (exact) mass is 850 g/mol. The molecular weight excluding hydrogens is 766 g/mol. The predicted octanol–water partition coefficient (Wildman–Crippen LogP) is 11.4. The largest absolute Gasteiger partial charge is 0.756 e. The Labute approximate surface area is 360 Å². The summed E-state index contributed by atoms with van der Waals surface area (Å²) in [7, 11) is 1.09. The number of aliphatic hydroxyl groups excluding tert-OH is 1. The summed E-state index contributed by atoms with van der Waals surface area (Å²) in [4.78, 5) is 37.6. The fourth-order valence-electron chi connectivity index (χ4n) is 5.67. The maximum Gasteiger partial charge on any atom is 0.306 e. The number of phosphoric acid groups is 1. The van der Waals surface area contributed by atoms with Gasteiger partial charge in [0.25, 0.3) is 7.82 Å². The molecule has 0 heterocycles. The van der Waals surface area contributed by atoms with Crippen LogP contribution in [0.5, 0.6) is 0 Å². The van der Waals surface area contributed by atoms with Crippen molar-refractivity contribution in [2.45, 2.75) is 174 Å². The van der Waals surface area contributed by atoms with Crippen molar-refractivity contribution in [3.63, 3.8) is 0 Å². The Morgan fingerprint density at radius 1 is 0.627 bits per heavy atom. The highest BCUT2D eigenvalue weighted by Gasteiger charge is 2.21. The summed E-state index contributed by atoms with van der Waals surface area (Å²) in [6, 6.07) is 0. The number of nitrogens with zero attached hydrogens (tertiary/aromatic N) is 1. The number of aliphatic hydroxyl groups is 1. The summed E-state index contributed by atoms with van der Waals surface area (Å²) in [5, 5.41) is 9.90. The first-order chi connectivity index (χ1) is 28.4. The number of allylic oxidation sites excluding steroid dienone is 11. The van der Waals surface area contributed by atoms with Gasteiger partial charge in [-0.3, -0.25) is 14.2 Å². The highest BCUT2D eigenvalue weighted by Crippen LogP contribution is 2.38. The summed E-state index contributed by atoms with van der Waals surface area (Å²) in [6.07, 6.45) is 45.4. The van der Waals surface area contributed by atoms with Crippen molar-refractivity contribution in [2.75, 3.05) is 47.5 Å². The lowest BCUT2D eigenvalue weighted by Gasteiger charge is -2.28. The lowest BCUT2D eigenvalue weighted by Crippen LogP contribution is -2.37. The highest BCUT2D eigenvalue weighted by atomic mass is 31.2. The molecule has 0 aromatic heterocycles. The molecule has 0 radical (unpaired) electrons. The molecule has 0 spiro atoms. The topological polar surface area (TPSA) is 131 Å². The van der Waals surface area contributed by atoms with Crippen molar-refractivity contribution in [1.29, 1.82) is 0 Å². The molecule has 0 bridgehead atoms. The second-order valence-electron chi connectivity index (χ2n) is 16.3. The van der Waals surface area contributed by atoms with E-state index in [-0.39, 0.29) is 32.2 Å². The molecule has 0 saturated carbocycles. The molecule has 1 N–H and O–H groups in total. The molecule has 0 aliphatic rings. The molecular formula is C48H84NO9P. The van der Waals surface area contributed by atoms with Crippen LogP contribution in [-0.4, -0.2) is 81.2 Å². The summed E-state index contributed by atoms with van der Waals surface area (Å²) >= 11 is 0. The Bertz CT molecular complexity index is 1250. The molecule has 10 nitrogen and oxygen atoms in total. The average molecular weight is 850 g/mol. The van der Waals surface area contributed by atoms with E-state index in [9.17, 15) is 24.2 Å². The Hall–Kier alpha value is -2.59. The van der Waals surface area contributed by atoms with E-state index in [4.69, 9.17) is 18.5 Å². The van der Waals surface area contributed by atoms with E-state index in [2.05, 4.69) is 50.3 Å². The van der Waals surface area contributed by atoms with Crippen LogP contribution in [0.25, 0.3) is 0 Å². The van der Waals surface area contributed by atoms with Gasteiger partial charge < -0.3 is 33.0 Å². The second-order valence-corrected chi connectivity index (χ2v) is 17.7. The summed E-state index contributed by atoms with van der Waals surface area (Å²) in [5.74, 6) is -0.941. The molecule has 340 valence electrons. The van der Waals surface area contributed by atoms with Crippen LogP contribution >= 0.6 is 7.82 Å². The number of hydrogen-bond donors (Lipinski definition) is 1. The van der Waals surface area contributed by atoms with Gasteiger partial charge in [-0.2, -0.15) is 0 Å². The van der Waals surface area contributed by atoms with Crippen molar-refractivity contribution in [3.8, 4) is 0 Å². The van der Waals surface area contributed by atoms with E-state index < -0.39 is 32.5 Å². The first-order valence-corrected chi connectivity index (χ1v) is 24.2. The van der Waals surface area contributed by atoms with E-state index in [1.54, 1.807) is 0 Å². The summed E-state index contributed by atoms with van der Waals surface area (Å²) < 4.78 is 33.8. The average Bonchev–Trinajstić information content (AvgIpc) is 3.18. The van der Waals surface area contributed by atoms with E-state index in [0.717, 1.165) is 70.6 Å². The molecule has 0 amide bonds. The van der Waals surface area contributed by atoms with Crippen LogP contribution in [0.2, 0.25) is 0 Å². The minimum absolute atomic E-state index is 0.0520. The number of likely N-dealkylation sites (N-methyl/N-ethyl adjacent to an activating group) is 1. The number of rotatable bonds is 40. The van der Waals surface area contributed by atoms with Crippen LogP contribution in [0.15, 0.2) is 72.9 Å². The van der Waals surface area contributed by atoms with Crippen LogP contribution < -0.4 is 4.89 Å². The Morgan fingerprint density at radius 3 is 1.78 bits per heavy atom. The van der Waals surface area contributed by atoms with Gasteiger partial charge in [-0.1, -0.05) is 151 Å². The molecule has 0 aromatic carbocycles. The molecule has 0 rings (SSSR count). The number of hydrogen-bond acceptors (Lipinski definition) is 9. The maximum absolute atomic E-state index is 12.7. The Balaban J connectivity index is 4.50. The minimum atomic E-state index is -4.65. The van der Waals surface area contributed by atoms with Crippen LogP contribution in [0, 0.1) is 0 Å². The molecule has 0 aliphatic heterocycles. The van der Waals surface area contributed by atoms with Gasteiger partial charge in [-0.15, -0.1) is 0 Å². The Morgan fingerprint density at radius 2 is 1.15 bits per heavy atom. The number of quaternary nitrogens is 1. The predicted molar refractivity (Wildman–Crippen MR) is 242 cm³/mol. The van der Waals surface area contributed by atoms with Gasteiger partial charge in [0, 0.05) is 12.8 Å². The van der Waals surface area contributed by atoms with E-state index in [1.807, 2.05) is 57.6 Å². The van der Waals surface area contributed by atoms with Gasteiger partial charge in [0.15, 0.2) is 6.10 Å². The van der Waals surface area contributed by atoms with Crippen molar-refractivity contribution < 1.29 is 47.2 Å². The fraction of sp³-hybridized carbons (Fsp3) is 0.708. The number of phosphoric ester groups is 1. The molecule has 0 aliphatic carbocycles. The van der Waals surface area contributed by atoms with E-state index in [1.165, 1.54) is 44.9 Å². The van der Waals surface area contributed by atoms with Gasteiger partial charge in [-0.25, -0.2) is 0 Å². The SMILES string of the molecule is CCCCC/C=C\C/C=C\CCCCCCCCCC(=O)O[C@H](COC(=O)CCC/C=C\C/C=C\C/C=C\C=C\[C@H](O)CCCCC)COP(=O)([O-])OCC[N+](C)(C)C. The van der Waals surface area contributed by atoms with Crippen LogP contribution in [-0.2, 0) is 32.7 Å². The zero-order chi connectivity index (χ0) is 43.7. The number of ether oxygens (including phenoxy) is 2. The zero-order valence-electron chi connectivity index (χ0n) is 37.8. The van der Waals surface area contributed by atoms with E-state index in [0.29, 0.717) is 30.3 Å². The van der Waals surface area contributed by atoms with Gasteiger partial charge in [0.2, 0.25) is 0 Å². The molecule has 0 saturated heterocycles. The minimum Gasteiger partial charge on any atom is -0.756 e. The fourth-order valence-corrected chi connectivity index (χ4v) is 6.40. The van der Waals surface area contributed by atoms with Crippen LogP contribution in [0.1, 0.15) is 162 Å². The normalized spacial score (nSPS) is 14.8. The molecule has 3 atom stereocenters. The lowest BCUT2D eigenvalue weighted by atomic mass is 10.1. The third-order valence-corrected chi connectivity index (χ3v) is 10.3. The summed E-state index contributed by atoms with van der Waals surface area (Å²) in [6.45, 7) is 3.97. The van der Waals surface area contributed by atoms with Crippen LogP contribution in [0.3, 0.4) is 0 Å². The van der Waals surface area contributed by atoms with Crippen molar-refractivity contribution >= 4 is 19.8 Å². The maximum atomic E-state index is 12.7. The van der Waals surface area contributed by atoms with E-state index >= 15 is 0 Å². The van der Waals surface area contributed by atoms with Gasteiger partial charge in [0.1, 0.15) is 19.8 Å². The van der Waals surface area contributed by atoms with Gasteiger partial charge >= 0.3 is 11.9 Å². The molecule has 59 heavy (non-hydrogen) atoms. The van der Waals surface area contributed by atoms with Gasteiger partial charge in [-0.05, 0) is 70.6 Å². The van der Waals surface area contributed by atoms with Crippen molar-refractivity contribution in [3.05, 3.63) is 72.9 Å². The quantitative estimate of drug-likeness (QED) is 0.0160. The highest BCUT2D eigenvalue weighted by molar-refractivity contribution is 7.45. The first kappa shape index (κ1) is 56.4. The second kappa shape index (κ2) is 39.5. The van der Waals surface area contributed by atoms with Crippen LogP contribution in [0.4, 0.5) is 0 Å². The van der Waals surface area contributed by atoms with Crippen molar-refractivity contribution in [2.24, 2.45) is 0 Å².